The van der Waals surface area contributed by atoms with E-state index in [-0.39, 0.29) is 16.1 Å². The molecule has 1 amide bonds. The van der Waals surface area contributed by atoms with Gasteiger partial charge in [-0.2, -0.15) is 8.99 Å². The molecule has 3 aromatic rings. The van der Waals surface area contributed by atoms with E-state index >= 15 is 0 Å². The number of nitrogens with zero attached hydrogens (tertiary/aromatic N) is 5. The van der Waals surface area contributed by atoms with Gasteiger partial charge in [0.15, 0.2) is 5.82 Å². The van der Waals surface area contributed by atoms with Gasteiger partial charge in [0.25, 0.3) is 5.91 Å². The topological polar surface area (TPSA) is 110 Å². The van der Waals surface area contributed by atoms with Crippen LogP contribution in [0.4, 0.5) is 10.1 Å². The molecule has 156 valence electrons. The van der Waals surface area contributed by atoms with E-state index in [1.165, 1.54) is 51.5 Å². The summed E-state index contributed by atoms with van der Waals surface area (Å²) in [5.41, 5.74) is 0.583. The maximum atomic E-state index is 14.2. The zero-order valence-corrected chi connectivity index (χ0v) is 16.9. The van der Waals surface area contributed by atoms with Crippen molar-refractivity contribution in [2.45, 2.75) is 24.7 Å². The molecule has 4 rings (SSSR count). The van der Waals surface area contributed by atoms with Gasteiger partial charge >= 0.3 is 0 Å². The molecule has 9 nitrogen and oxygen atoms in total. The molecule has 30 heavy (non-hydrogen) atoms. The molecule has 0 spiro atoms. The molecule has 0 atom stereocenters. The van der Waals surface area contributed by atoms with E-state index in [0.29, 0.717) is 24.6 Å². The highest BCUT2D eigenvalue weighted by Gasteiger charge is 2.27. The van der Waals surface area contributed by atoms with Crippen molar-refractivity contribution >= 4 is 21.6 Å². The molecule has 0 radical (unpaired) electrons. The van der Waals surface area contributed by atoms with Gasteiger partial charge in [-0.05, 0) is 66.6 Å². The van der Waals surface area contributed by atoms with Crippen LogP contribution in [0.25, 0.3) is 5.69 Å². The Morgan fingerprint density at radius 3 is 2.60 bits per heavy atom. The lowest BCUT2D eigenvalue weighted by atomic mass is 10.2. The van der Waals surface area contributed by atoms with E-state index in [4.69, 9.17) is 0 Å². The van der Waals surface area contributed by atoms with Crippen LogP contribution in [-0.2, 0) is 10.0 Å². The van der Waals surface area contributed by atoms with Crippen molar-refractivity contribution in [1.29, 1.82) is 0 Å². The summed E-state index contributed by atoms with van der Waals surface area (Å²) >= 11 is 0. The van der Waals surface area contributed by atoms with Gasteiger partial charge in [-0.15, -0.1) is 5.10 Å². The van der Waals surface area contributed by atoms with Crippen molar-refractivity contribution in [3.8, 4) is 5.69 Å². The molecular formula is C19H19FN6O3S. The maximum Gasteiger partial charge on any atom is 0.255 e. The molecule has 1 aliphatic rings. The summed E-state index contributed by atoms with van der Waals surface area (Å²) in [4.78, 5) is 12.8. The number of hydrogen-bond donors (Lipinski definition) is 1. The van der Waals surface area contributed by atoms with Crippen LogP contribution in [0.15, 0.2) is 47.4 Å². The molecule has 0 saturated carbocycles. The monoisotopic (exact) mass is 430 g/mol. The first-order valence-corrected chi connectivity index (χ1v) is 10.8. The van der Waals surface area contributed by atoms with Gasteiger partial charge in [0.05, 0.1) is 4.90 Å². The van der Waals surface area contributed by atoms with E-state index < -0.39 is 21.7 Å². The first-order chi connectivity index (χ1) is 14.4. The number of halogens is 1. The number of benzene rings is 2. The van der Waals surface area contributed by atoms with Crippen molar-refractivity contribution in [1.82, 2.24) is 24.5 Å². The number of aryl methyl sites for hydroxylation is 1. The average molecular weight is 430 g/mol. The van der Waals surface area contributed by atoms with Crippen LogP contribution < -0.4 is 5.32 Å². The third kappa shape index (κ3) is 3.81. The zero-order valence-electron chi connectivity index (χ0n) is 16.1. The second kappa shape index (κ2) is 7.92. The summed E-state index contributed by atoms with van der Waals surface area (Å²) in [7, 11) is -3.64. The molecule has 1 saturated heterocycles. The lowest BCUT2D eigenvalue weighted by molar-refractivity contribution is 0.102. The minimum Gasteiger partial charge on any atom is -0.322 e. The summed E-state index contributed by atoms with van der Waals surface area (Å²) in [6.45, 7) is 2.58. The van der Waals surface area contributed by atoms with E-state index in [1.807, 2.05) is 0 Å². The van der Waals surface area contributed by atoms with Crippen molar-refractivity contribution in [2.24, 2.45) is 0 Å². The highest BCUT2D eigenvalue weighted by atomic mass is 32.2. The lowest BCUT2D eigenvalue weighted by Gasteiger charge is -2.16. The number of rotatable bonds is 5. The first-order valence-electron chi connectivity index (χ1n) is 9.33. The van der Waals surface area contributed by atoms with Gasteiger partial charge in [0.2, 0.25) is 10.0 Å². The highest BCUT2D eigenvalue weighted by Crippen LogP contribution is 2.23. The largest absolute Gasteiger partial charge is 0.322 e. The molecule has 1 fully saturated rings. The fraction of sp³-hybridized carbons (Fsp3) is 0.263. The smallest absolute Gasteiger partial charge is 0.255 e. The number of sulfonamides is 1. The third-order valence-electron chi connectivity index (χ3n) is 4.86. The second-order valence-corrected chi connectivity index (χ2v) is 8.84. The van der Waals surface area contributed by atoms with Gasteiger partial charge in [0, 0.05) is 24.3 Å². The fourth-order valence-electron chi connectivity index (χ4n) is 3.29. The minimum atomic E-state index is -3.64. The Morgan fingerprint density at radius 1 is 1.13 bits per heavy atom. The number of aromatic nitrogens is 4. The van der Waals surface area contributed by atoms with Gasteiger partial charge in [-0.25, -0.2) is 12.8 Å². The van der Waals surface area contributed by atoms with Crippen LogP contribution in [0.3, 0.4) is 0 Å². The van der Waals surface area contributed by atoms with Gasteiger partial charge in [-0.3, -0.25) is 4.79 Å². The molecule has 11 heteroatoms. The Kier molecular flexibility index (Phi) is 5.31. The Bertz CT molecular complexity index is 1200. The van der Waals surface area contributed by atoms with Gasteiger partial charge in [0.1, 0.15) is 11.5 Å². The summed E-state index contributed by atoms with van der Waals surface area (Å²) in [5, 5.41) is 13.6. The van der Waals surface area contributed by atoms with E-state index in [9.17, 15) is 17.6 Å². The minimum absolute atomic E-state index is 0.0705. The lowest BCUT2D eigenvalue weighted by Crippen LogP contribution is -2.28. The normalized spacial score (nSPS) is 14.7. The van der Waals surface area contributed by atoms with Crippen LogP contribution in [0.1, 0.15) is 29.0 Å². The number of nitrogens with one attached hydrogen (secondary N) is 1. The van der Waals surface area contributed by atoms with Crippen molar-refractivity contribution in [3.05, 3.63) is 59.7 Å². The average Bonchev–Trinajstić information content (AvgIpc) is 3.42. The molecule has 1 aliphatic heterocycles. The van der Waals surface area contributed by atoms with Crippen LogP contribution in [-0.4, -0.2) is 51.9 Å². The number of carbonyl (C=O) groups is 1. The van der Waals surface area contributed by atoms with Crippen LogP contribution >= 0.6 is 0 Å². The van der Waals surface area contributed by atoms with E-state index in [1.54, 1.807) is 6.92 Å². The quantitative estimate of drug-likeness (QED) is 0.664. The molecule has 1 aromatic heterocycles. The summed E-state index contributed by atoms with van der Waals surface area (Å²) < 4.78 is 42.3. The number of tetrazole rings is 1. The molecule has 1 N–H and O–H groups in total. The van der Waals surface area contributed by atoms with Gasteiger partial charge in [-0.1, -0.05) is 6.07 Å². The third-order valence-corrected chi connectivity index (χ3v) is 6.75. The number of hydrogen-bond acceptors (Lipinski definition) is 6. The predicted octanol–water partition coefficient (Wildman–Crippen LogP) is 2.15. The van der Waals surface area contributed by atoms with Crippen LogP contribution in [0.2, 0.25) is 0 Å². The summed E-state index contributed by atoms with van der Waals surface area (Å²) in [6, 6.07) is 9.87. The number of amides is 1. The molecule has 0 bridgehead atoms. The standard InChI is InChI=1S/C19H19FN6O3S/c1-13-22-23-24-26(13)18-12-15(7-8-17(18)20)21-19(27)14-5-4-6-16(11-14)30(28,29)25-9-2-3-10-25/h4-8,11-12H,2-3,9-10H2,1H3,(H,21,27). The molecule has 2 heterocycles. The number of anilines is 1. The molecule has 2 aromatic carbocycles. The van der Waals surface area contributed by atoms with Crippen molar-refractivity contribution in [2.75, 3.05) is 18.4 Å². The van der Waals surface area contributed by atoms with Gasteiger partial charge < -0.3 is 5.32 Å². The van der Waals surface area contributed by atoms with Crippen molar-refractivity contribution < 1.29 is 17.6 Å². The van der Waals surface area contributed by atoms with Crippen molar-refractivity contribution in [3.63, 3.8) is 0 Å². The molecule has 0 aliphatic carbocycles. The predicted molar refractivity (Wildman–Crippen MR) is 106 cm³/mol. The Morgan fingerprint density at radius 2 is 1.90 bits per heavy atom. The van der Waals surface area contributed by atoms with Crippen LogP contribution in [0, 0.1) is 12.7 Å². The Labute approximate surface area is 172 Å². The second-order valence-electron chi connectivity index (χ2n) is 6.90. The SMILES string of the molecule is Cc1nnnn1-c1cc(NC(=O)c2cccc(S(=O)(=O)N3CCCC3)c2)ccc1F. The molecule has 0 unspecified atom stereocenters. The number of carbonyl (C=O) groups excluding carboxylic acids is 1. The Balaban J connectivity index is 1.59. The van der Waals surface area contributed by atoms with E-state index in [2.05, 4.69) is 20.8 Å². The zero-order chi connectivity index (χ0) is 21.3. The molecular weight excluding hydrogens is 411 g/mol. The first kappa shape index (κ1) is 20.1. The Hall–Kier alpha value is -3.18. The maximum absolute atomic E-state index is 14.2. The van der Waals surface area contributed by atoms with Crippen LogP contribution in [0.5, 0.6) is 0 Å². The summed E-state index contributed by atoms with van der Waals surface area (Å²) in [6.07, 6.45) is 1.65. The fourth-order valence-corrected chi connectivity index (χ4v) is 4.85. The van der Waals surface area contributed by atoms with E-state index in [0.717, 1.165) is 12.8 Å². The summed E-state index contributed by atoms with van der Waals surface area (Å²) in [5.74, 6) is -0.682. The highest BCUT2D eigenvalue weighted by molar-refractivity contribution is 7.89.